The lowest BCUT2D eigenvalue weighted by Gasteiger charge is -2.15. The van der Waals surface area contributed by atoms with Crippen molar-refractivity contribution in [1.82, 2.24) is 5.32 Å². The summed E-state index contributed by atoms with van der Waals surface area (Å²) in [4.78, 5) is 12.7. The minimum Gasteiger partial charge on any atom is -0.346 e. The molecule has 0 radical (unpaired) electrons. The zero-order chi connectivity index (χ0) is 20.1. The summed E-state index contributed by atoms with van der Waals surface area (Å²) in [6, 6.07) is 19.7. The van der Waals surface area contributed by atoms with E-state index in [4.69, 9.17) is 0 Å². The number of hydrogen-bond acceptors (Lipinski definition) is 3. The van der Waals surface area contributed by atoms with Gasteiger partial charge >= 0.3 is 0 Å². The molecule has 1 unspecified atom stereocenters. The van der Waals surface area contributed by atoms with Crippen LogP contribution < -0.4 is 10.0 Å². The molecule has 5 nitrogen and oxygen atoms in total. The lowest BCUT2D eigenvalue weighted by atomic mass is 10.1. The number of carbonyl (C=O) groups excluding carboxylic acids is 1. The molecule has 0 aromatic heterocycles. The van der Waals surface area contributed by atoms with E-state index < -0.39 is 10.0 Å². The Morgan fingerprint density at radius 3 is 2.29 bits per heavy atom. The van der Waals surface area contributed by atoms with Crippen molar-refractivity contribution in [2.24, 2.45) is 0 Å². The molecule has 7 heteroatoms. The predicted molar refractivity (Wildman–Crippen MR) is 106 cm³/mol. The third-order valence-electron chi connectivity index (χ3n) is 4.15. The predicted octanol–water partition coefficient (Wildman–Crippen LogP) is 4.12. The smallest absolute Gasteiger partial charge is 0.261 e. The highest BCUT2D eigenvalue weighted by atomic mass is 32.2. The van der Waals surface area contributed by atoms with E-state index in [1.165, 1.54) is 30.3 Å². The number of carbonyl (C=O) groups is 1. The second kappa shape index (κ2) is 8.22. The van der Waals surface area contributed by atoms with Gasteiger partial charge in [-0.15, -0.1) is 0 Å². The fourth-order valence-electron chi connectivity index (χ4n) is 2.65. The number of rotatable bonds is 6. The summed E-state index contributed by atoms with van der Waals surface area (Å²) in [6.07, 6.45) is 0. The Morgan fingerprint density at radius 1 is 0.929 bits per heavy atom. The van der Waals surface area contributed by atoms with Crippen LogP contribution in [0.3, 0.4) is 0 Å². The van der Waals surface area contributed by atoms with Gasteiger partial charge in [-0.25, -0.2) is 12.8 Å². The van der Waals surface area contributed by atoms with Gasteiger partial charge in [0.25, 0.3) is 15.9 Å². The first-order valence-corrected chi connectivity index (χ1v) is 10.1. The van der Waals surface area contributed by atoms with Crippen molar-refractivity contribution in [3.63, 3.8) is 0 Å². The SMILES string of the molecule is CC(NC(=O)c1cccc(NS(=O)(=O)c2ccccc2)c1)c1ccc(F)cc1. The van der Waals surface area contributed by atoms with Gasteiger partial charge in [-0.1, -0.05) is 36.4 Å². The van der Waals surface area contributed by atoms with Crippen LogP contribution >= 0.6 is 0 Å². The van der Waals surface area contributed by atoms with Crippen molar-refractivity contribution >= 4 is 21.6 Å². The summed E-state index contributed by atoms with van der Waals surface area (Å²) in [5.74, 6) is -0.710. The first kappa shape index (κ1) is 19.6. The molecule has 0 aliphatic carbocycles. The third kappa shape index (κ3) is 4.75. The fraction of sp³-hybridized carbons (Fsp3) is 0.0952. The molecule has 144 valence electrons. The van der Waals surface area contributed by atoms with Gasteiger partial charge in [-0.05, 0) is 55.0 Å². The molecule has 0 saturated heterocycles. The average molecular weight is 398 g/mol. The average Bonchev–Trinajstić information content (AvgIpc) is 2.69. The Morgan fingerprint density at radius 2 is 1.61 bits per heavy atom. The van der Waals surface area contributed by atoms with E-state index in [-0.39, 0.29) is 28.3 Å². The number of nitrogens with one attached hydrogen (secondary N) is 2. The molecule has 0 aliphatic heterocycles. The maximum Gasteiger partial charge on any atom is 0.261 e. The molecule has 1 amide bonds. The number of benzene rings is 3. The lowest BCUT2D eigenvalue weighted by molar-refractivity contribution is 0.0940. The Hall–Kier alpha value is -3.19. The van der Waals surface area contributed by atoms with E-state index in [0.29, 0.717) is 5.56 Å². The van der Waals surface area contributed by atoms with Crippen molar-refractivity contribution in [2.75, 3.05) is 4.72 Å². The van der Waals surface area contributed by atoms with E-state index in [2.05, 4.69) is 10.0 Å². The highest BCUT2D eigenvalue weighted by molar-refractivity contribution is 7.92. The number of hydrogen-bond donors (Lipinski definition) is 2. The molecule has 3 aromatic carbocycles. The van der Waals surface area contributed by atoms with Crippen LogP contribution in [0.2, 0.25) is 0 Å². The summed E-state index contributed by atoms with van der Waals surface area (Å²) in [5.41, 5.74) is 1.35. The number of halogens is 1. The van der Waals surface area contributed by atoms with Crippen LogP contribution in [-0.4, -0.2) is 14.3 Å². The normalized spacial score (nSPS) is 12.2. The van der Waals surface area contributed by atoms with Crippen LogP contribution in [0.4, 0.5) is 10.1 Å². The first-order chi connectivity index (χ1) is 13.3. The van der Waals surface area contributed by atoms with Gasteiger partial charge < -0.3 is 5.32 Å². The van der Waals surface area contributed by atoms with Crippen molar-refractivity contribution in [3.05, 3.63) is 95.8 Å². The molecule has 3 rings (SSSR count). The molecule has 0 bridgehead atoms. The lowest BCUT2D eigenvalue weighted by Crippen LogP contribution is -2.26. The van der Waals surface area contributed by atoms with Gasteiger partial charge in [-0.3, -0.25) is 9.52 Å². The standard InChI is InChI=1S/C21H19FN2O3S/c1-15(16-10-12-18(22)13-11-16)23-21(25)17-6-5-7-19(14-17)24-28(26,27)20-8-3-2-4-9-20/h2-15,24H,1H3,(H,23,25). The van der Waals surface area contributed by atoms with Gasteiger partial charge in [0.2, 0.25) is 0 Å². The summed E-state index contributed by atoms with van der Waals surface area (Å²) in [7, 11) is -3.74. The minimum absolute atomic E-state index is 0.134. The fourth-order valence-corrected chi connectivity index (χ4v) is 3.72. The van der Waals surface area contributed by atoms with Crippen LogP contribution in [0.5, 0.6) is 0 Å². The zero-order valence-corrected chi connectivity index (χ0v) is 15.9. The topological polar surface area (TPSA) is 75.3 Å². The Bertz CT molecular complexity index is 1070. The molecule has 28 heavy (non-hydrogen) atoms. The van der Waals surface area contributed by atoms with Crippen molar-refractivity contribution in [2.45, 2.75) is 17.9 Å². The van der Waals surface area contributed by atoms with Gasteiger partial charge in [0, 0.05) is 11.3 Å². The molecule has 0 aliphatic rings. The minimum atomic E-state index is -3.74. The van der Waals surface area contributed by atoms with Crippen LogP contribution in [0, 0.1) is 5.82 Å². The summed E-state index contributed by atoms with van der Waals surface area (Å²) in [6.45, 7) is 1.78. The Labute approximate surface area is 163 Å². The van der Waals surface area contributed by atoms with Crippen LogP contribution in [0.15, 0.2) is 83.8 Å². The van der Waals surface area contributed by atoms with Crippen molar-refractivity contribution in [3.8, 4) is 0 Å². The number of sulfonamides is 1. The molecule has 0 heterocycles. The second-order valence-electron chi connectivity index (χ2n) is 6.25. The first-order valence-electron chi connectivity index (χ1n) is 8.59. The van der Waals surface area contributed by atoms with Gasteiger partial charge in [-0.2, -0.15) is 0 Å². The van der Waals surface area contributed by atoms with Crippen LogP contribution in [-0.2, 0) is 10.0 Å². The molecular formula is C21H19FN2O3S. The molecule has 1 atom stereocenters. The molecule has 0 spiro atoms. The number of anilines is 1. The van der Waals surface area contributed by atoms with E-state index >= 15 is 0 Å². The maximum atomic E-state index is 13.0. The largest absolute Gasteiger partial charge is 0.346 e. The van der Waals surface area contributed by atoms with E-state index in [1.54, 1.807) is 55.5 Å². The quantitative estimate of drug-likeness (QED) is 0.656. The monoisotopic (exact) mass is 398 g/mol. The van der Waals surface area contributed by atoms with E-state index in [1.807, 2.05) is 0 Å². The zero-order valence-electron chi connectivity index (χ0n) is 15.1. The summed E-state index contributed by atoms with van der Waals surface area (Å²) >= 11 is 0. The van der Waals surface area contributed by atoms with Gasteiger partial charge in [0.05, 0.1) is 10.9 Å². The van der Waals surface area contributed by atoms with Crippen molar-refractivity contribution in [1.29, 1.82) is 0 Å². The summed E-state index contributed by atoms with van der Waals surface area (Å²) < 4.78 is 40.4. The Balaban J connectivity index is 1.73. The van der Waals surface area contributed by atoms with Crippen molar-refractivity contribution < 1.29 is 17.6 Å². The third-order valence-corrected chi connectivity index (χ3v) is 5.55. The van der Waals surface area contributed by atoms with E-state index in [9.17, 15) is 17.6 Å². The maximum absolute atomic E-state index is 13.0. The molecule has 0 fully saturated rings. The molecule has 2 N–H and O–H groups in total. The number of amides is 1. The molecule has 0 saturated carbocycles. The molecular weight excluding hydrogens is 379 g/mol. The van der Waals surface area contributed by atoms with Crippen LogP contribution in [0.25, 0.3) is 0 Å². The Kier molecular flexibility index (Phi) is 5.75. The molecule has 3 aromatic rings. The van der Waals surface area contributed by atoms with Gasteiger partial charge in [0.1, 0.15) is 5.82 Å². The summed E-state index contributed by atoms with van der Waals surface area (Å²) in [5, 5.41) is 2.82. The highest BCUT2D eigenvalue weighted by Gasteiger charge is 2.16. The van der Waals surface area contributed by atoms with Crippen LogP contribution in [0.1, 0.15) is 28.9 Å². The highest BCUT2D eigenvalue weighted by Crippen LogP contribution is 2.18. The van der Waals surface area contributed by atoms with E-state index in [0.717, 1.165) is 5.56 Å². The second-order valence-corrected chi connectivity index (χ2v) is 7.93. The van der Waals surface area contributed by atoms with Gasteiger partial charge in [0.15, 0.2) is 0 Å².